The quantitative estimate of drug-likeness (QED) is 0.614. The van der Waals surface area contributed by atoms with E-state index in [1.807, 2.05) is 24.3 Å². The Morgan fingerprint density at radius 1 is 1.00 bits per heavy atom. The fourth-order valence-electron chi connectivity index (χ4n) is 3.25. The molecule has 0 heterocycles. The van der Waals surface area contributed by atoms with Crippen molar-refractivity contribution in [1.82, 2.24) is 4.90 Å². The third kappa shape index (κ3) is 5.70. The normalized spacial score (nSPS) is 11.1. The molecule has 0 bridgehead atoms. The average Bonchev–Trinajstić information content (AvgIpc) is 2.74. The molecule has 0 aliphatic rings. The number of rotatable bonds is 6. The summed E-state index contributed by atoms with van der Waals surface area (Å²) in [4.78, 5) is 15.0. The van der Waals surface area contributed by atoms with Crippen molar-refractivity contribution < 1.29 is 15.0 Å². The van der Waals surface area contributed by atoms with E-state index < -0.39 is 5.60 Å². The van der Waals surface area contributed by atoms with Gasteiger partial charge in [-0.2, -0.15) is 0 Å². The van der Waals surface area contributed by atoms with Gasteiger partial charge >= 0.3 is 0 Å². The number of nitrogens with zero attached hydrogens (tertiary/aromatic N) is 1. The summed E-state index contributed by atoms with van der Waals surface area (Å²) >= 11 is 0. The Kier molecular flexibility index (Phi) is 6.89. The molecule has 3 aromatic carbocycles. The Morgan fingerprint density at radius 3 is 2.40 bits per heavy atom. The summed E-state index contributed by atoms with van der Waals surface area (Å²) in [5, 5.41) is 21.3. The largest absolute Gasteiger partial charge is 0.396 e. The minimum absolute atomic E-state index is 0.0325. The Hall–Kier alpha value is -3.13. The van der Waals surface area contributed by atoms with Crippen LogP contribution in [-0.4, -0.2) is 39.8 Å². The molecule has 3 aromatic rings. The molecule has 0 saturated carbocycles. The number of carbonyl (C=O) groups is 1. The maximum Gasteiger partial charge on any atom is 0.254 e. The molecular weight excluding hydrogens is 374 g/mol. The predicted molar refractivity (Wildman–Crippen MR) is 120 cm³/mol. The molecule has 4 nitrogen and oxygen atoms in total. The summed E-state index contributed by atoms with van der Waals surface area (Å²) < 4.78 is 0. The molecule has 3 rings (SSSR count). The second-order valence-corrected chi connectivity index (χ2v) is 7.83. The summed E-state index contributed by atoms with van der Waals surface area (Å²) in [5.74, 6) is 5.60. The number of benzene rings is 3. The van der Waals surface area contributed by atoms with Gasteiger partial charge in [0, 0.05) is 30.8 Å². The SMILES string of the molecule is CC(C)(O)C#Cc1ccc(C(=O)N(CCCO)Cc2cccc3ccccc23)cc1. The van der Waals surface area contributed by atoms with Crippen LogP contribution in [-0.2, 0) is 6.54 Å². The van der Waals surface area contributed by atoms with Gasteiger partial charge < -0.3 is 15.1 Å². The molecule has 2 N–H and O–H groups in total. The first kappa shape index (κ1) is 21.6. The van der Waals surface area contributed by atoms with Crippen LogP contribution in [0.1, 0.15) is 41.8 Å². The van der Waals surface area contributed by atoms with Gasteiger partial charge in [-0.25, -0.2) is 0 Å². The minimum atomic E-state index is -1.06. The fraction of sp³-hybridized carbons (Fsp3) is 0.269. The predicted octanol–water partition coefficient (Wildman–Crippen LogP) is 3.99. The van der Waals surface area contributed by atoms with E-state index in [9.17, 15) is 15.0 Å². The lowest BCUT2D eigenvalue weighted by Gasteiger charge is -2.23. The monoisotopic (exact) mass is 401 g/mol. The highest BCUT2D eigenvalue weighted by molar-refractivity contribution is 5.95. The highest BCUT2D eigenvalue weighted by atomic mass is 16.3. The van der Waals surface area contributed by atoms with Gasteiger partial charge in [0.1, 0.15) is 5.60 Å². The van der Waals surface area contributed by atoms with Crippen LogP contribution in [0.2, 0.25) is 0 Å². The van der Waals surface area contributed by atoms with Gasteiger partial charge in [0.2, 0.25) is 0 Å². The van der Waals surface area contributed by atoms with E-state index >= 15 is 0 Å². The number of aliphatic hydroxyl groups is 2. The first-order valence-corrected chi connectivity index (χ1v) is 10.1. The summed E-state index contributed by atoms with van der Waals surface area (Å²) in [6, 6.07) is 21.3. The molecule has 1 amide bonds. The Morgan fingerprint density at radius 2 is 1.70 bits per heavy atom. The molecule has 0 atom stereocenters. The lowest BCUT2D eigenvalue weighted by Crippen LogP contribution is -2.32. The zero-order valence-corrected chi connectivity index (χ0v) is 17.4. The Bertz CT molecular complexity index is 1060. The van der Waals surface area contributed by atoms with Crippen LogP contribution in [0.25, 0.3) is 10.8 Å². The number of aliphatic hydroxyl groups excluding tert-OH is 1. The van der Waals surface area contributed by atoms with Gasteiger partial charge in [-0.15, -0.1) is 0 Å². The topological polar surface area (TPSA) is 60.8 Å². The van der Waals surface area contributed by atoms with Crippen molar-refractivity contribution in [2.75, 3.05) is 13.2 Å². The molecule has 0 spiro atoms. The van der Waals surface area contributed by atoms with Crippen molar-refractivity contribution in [3.05, 3.63) is 83.4 Å². The van der Waals surface area contributed by atoms with Crippen LogP contribution in [0.3, 0.4) is 0 Å². The van der Waals surface area contributed by atoms with Crippen molar-refractivity contribution in [3.63, 3.8) is 0 Å². The van der Waals surface area contributed by atoms with Gasteiger partial charge in [-0.3, -0.25) is 4.79 Å². The number of hydrogen-bond donors (Lipinski definition) is 2. The third-order valence-electron chi connectivity index (χ3n) is 4.76. The molecular formula is C26H27NO3. The van der Waals surface area contributed by atoms with Gasteiger partial charge in [0.15, 0.2) is 0 Å². The maximum atomic E-state index is 13.2. The van der Waals surface area contributed by atoms with E-state index in [1.54, 1.807) is 43.0 Å². The Labute approximate surface area is 177 Å². The molecule has 30 heavy (non-hydrogen) atoms. The number of carbonyl (C=O) groups excluding carboxylic acids is 1. The van der Waals surface area contributed by atoms with Gasteiger partial charge in [0.25, 0.3) is 5.91 Å². The first-order valence-electron chi connectivity index (χ1n) is 10.1. The van der Waals surface area contributed by atoms with Crippen LogP contribution >= 0.6 is 0 Å². The summed E-state index contributed by atoms with van der Waals surface area (Å²) in [5.41, 5.74) is 1.33. The van der Waals surface area contributed by atoms with E-state index in [4.69, 9.17) is 0 Å². The molecule has 0 aliphatic carbocycles. The molecule has 0 saturated heterocycles. The second-order valence-electron chi connectivity index (χ2n) is 7.83. The van der Waals surface area contributed by atoms with E-state index in [1.165, 1.54) is 0 Å². The van der Waals surface area contributed by atoms with Crippen molar-refractivity contribution in [3.8, 4) is 11.8 Å². The smallest absolute Gasteiger partial charge is 0.254 e. The van der Waals surface area contributed by atoms with Crippen molar-refractivity contribution in [1.29, 1.82) is 0 Å². The molecule has 0 fully saturated rings. The van der Waals surface area contributed by atoms with Crippen LogP contribution in [0, 0.1) is 11.8 Å². The molecule has 4 heteroatoms. The first-order chi connectivity index (χ1) is 14.4. The molecule has 154 valence electrons. The van der Waals surface area contributed by atoms with Crippen molar-refractivity contribution in [2.24, 2.45) is 0 Å². The number of hydrogen-bond acceptors (Lipinski definition) is 3. The highest BCUT2D eigenvalue weighted by Crippen LogP contribution is 2.21. The number of amides is 1. The standard InChI is InChI=1S/C26H27NO3/c1-26(2,30)16-15-20-11-13-22(14-12-20)25(29)27(17-6-18-28)19-23-9-5-8-21-7-3-4-10-24(21)23/h3-5,7-14,28,30H,6,17-19H2,1-2H3. The van der Waals surface area contributed by atoms with Crippen LogP contribution in [0.5, 0.6) is 0 Å². The molecule has 0 aliphatic heterocycles. The second kappa shape index (κ2) is 9.58. The van der Waals surface area contributed by atoms with Crippen molar-refractivity contribution >= 4 is 16.7 Å². The highest BCUT2D eigenvalue weighted by Gasteiger charge is 2.17. The molecule has 0 radical (unpaired) electrons. The van der Waals surface area contributed by atoms with Gasteiger partial charge in [-0.1, -0.05) is 54.3 Å². The number of fused-ring (bicyclic) bond motifs is 1. The van der Waals surface area contributed by atoms with E-state index in [0.717, 1.165) is 21.9 Å². The van der Waals surface area contributed by atoms with E-state index in [2.05, 4.69) is 30.0 Å². The molecule has 0 aromatic heterocycles. The van der Waals surface area contributed by atoms with Crippen molar-refractivity contribution in [2.45, 2.75) is 32.4 Å². The summed E-state index contributed by atoms with van der Waals surface area (Å²) in [6.45, 7) is 4.23. The minimum Gasteiger partial charge on any atom is -0.396 e. The van der Waals surface area contributed by atoms with Gasteiger partial charge in [-0.05, 0) is 60.9 Å². The third-order valence-corrected chi connectivity index (χ3v) is 4.76. The van der Waals surface area contributed by atoms with E-state index in [-0.39, 0.29) is 12.5 Å². The maximum absolute atomic E-state index is 13.2. The van der Waals surface area contributed by atoms with E-state index in [0.29, 0.717) is 25.1 Å². The molecule has 0 unspecified atom stereocenters. The van der Waals surface area contributed by atoms with Crippen LogP contribution in [0.4, 0.5) is 0 Å². The van der Waals surface area contributed by atoms with Crippen LogP contribution in [0.15, 0.2) is 66.7 Å². The summed E-state index contributed by atoms with van der Waals surface area (Å²) in [6.07, 6.45) is 0.519. The Balaban J connectivity index is 1.84. The zero-order valence-electron chi connectivity index (χ0n) is 17.4. The van der Waals surface area contributed by atoms with Crippen LogP contribution < -0.4 is 0 Å². The lowest BCUT2D eigenvalue weighted by molar-refractivity contribution is 0.0732. The summed E-state index contributed by atoms with van der Waals surface area (Å²) in [7, 11) is 0. The fourth-order valence-corrected chi connectivity index (χ4v) is 3.25. The lowest BCUT2D eigenvalue weighted by atomic mass is 10.0. The average molecular weight is 402 g/mol. The van der Waals surface area contributed by atoms with Gasteiger partial charge in [0.05, 0.1) is 0 Å². The zero-order chi connectivity index (χ0) is 21.6.